The summed E-state index contributed by atoms with van der Waals surface area (Å²) >= 11 is 1.61. The van der Waals surface area contributed by atoms with Gasteiger partial charge in [-0.25, -0.2) is 0 Å². The Labute approximate surface area is 182 Å². The number of amidine groups is 1. The van der Waals surface area contributed by atoms with Crippen LogP contribution in [0, 0.1) is 6.92 Å². The van der Waals surface area contributed by atoms with E-state index in [1.54, 1.807) is 19.1 Å². The number of hydrogen-bond acceptors (Lipinski definition) is 5. The van der Waals surface area contributed by atoms with Gasteiger partial charge in [0.25, 0.3) is 0 Å². The molecule has 3 aromatic rings. The van der Waals surface area contributed by atoms with Crippen LogP contribution >= 0.6 is 11.9 Å². The molecule has 2 aromatic carbocycles. The molecule has 2 heterocycles. The molecule has 0 unspecified atom stereocenters. The lowest BCUT2D eigenvalue weighted by atomic mass is 9.97. The van der Waals surface area contributed by atoms with Crippen LogP contribution in [0.2, 0.25) is 0 Å². The first kappa shape index (κ1) is 20.5. The number of aliphatic imine (C=N–C) groups is 1. The summed E-state index contributed by atoms with van der Waals surface area (Å²) in [6.07, 6.45) is 5.75. The van der Waals surface area contributed by atoms with Crippen molar-refractivity contribution in [1.82, 2.24) is 14.5 Å². The summed E-state index contributed by atoms with van der Waals surface area (Å²) < 4.78 is 11.1. The van der Waals surface area contributed by atoms with Gasteiger partial charge in [0.2, 0.25) is 0 Å². The predicted octanol–water partition coefficient (Wildman–Crippen LogP) is 4.93. The van der Waals surface area contributed by atoms with E-state index in [4.69, 9.17) is 9.73 Å². The summed E-state index contributed by atoms with van der Waals surface area (Å²) in [5, 5.41) is 4.34. The molecule has 1 N–H and O–H groups in total. The molecule has 0 radical (unpaired) electrons. The average molecular weight is 421 g/mol. The number of aromatic nitrogens is 2. The van der Waals surface area contributed by atoms with Crippen LogP contribution in [-0.2, 0) is 25.9 Å². The van der Waals surface area contributed by atoms with Crippen molar-refractivity contribution in [2.45, 2.75) is 51.6 Å². The molecule has 0 amide bonds. The average Bonchev–Trinajstić information content (AvgIpc) is 3.41. The van der Waals surface area contributed by atoms with E-state index in [9.17, 15) is 0 Å². The lowest BCUT2D eigenvalue weighted by molar-refractivity contribution is 0.403. The molecule has 1 aliphatic rings. The Bertz CT molecular complexity index is 1070. The van der Waals surface area contributed by atoms with Crippen LogP contribution < -0.4 is 9.46 Å². The number of aryl methyl sites for hydroxylation is 2. The molecular weight excluding hydrogens is 392 g/mol. The van der Waals surface area contributed by atoms with Crippen LogP contribution in [-0.4, -0.2) is 22.7 Å². The first-order chi connectivity index (χ1) is 14.6. The third kappa shape index (κ3) is 3.97. The topological polar surface area (TPSA) is 51.4 Å². The summed E-state index contributed by atoms with van der Waals surface area (Å²) in [5.41, 5.74) is 7.73. The fourth-order valence-corrected chi connectivity index (χ4v) is 5.11. The molecule has 0 fully saturated rings. The highest BCUT2D eigenvalue weighted by molar-refractivity contribution is 7.98. The normalized spacial score (nSPS) is 12.6. The zero-order chi connectivity index (χ0) is 21.1. The van der Waals surface area contributed by atoms with Gasteiger partial charge in [0.15, 0.2) is 0 Å². The second-order valence-electron chi connectivity index (χ2n) is 7.46. The van der Waals surface area contributed by atoms with E-state index in [-0.39, 0.29) is 0 Å². The van der Waals surface area contributed by atoms with Crippen molar-refractivity contribution >= 4 is 17.8 Å². The number of nitrogens with zero attached hydrogens (tertiary/aromatic N) is 3. The molecule has 156 valence electrons. The Morgan fingerprint density at radius 2 is 2.07 bits per heavy atom. The monoisotopic (exact) mass is 420 g/mol. The number of methoxy groups -OCH3 is 1. The second-order valence-corrected chi connectivity index (χ2v) is 8.28. The minimum atomic E-state index is 0.712. The third-order valence-corrected chi connectivity index (χ3v) is 6.52. The molecule has 0 saturated heterocycles. The Balaban J connectivity index is 1.59. The molecule has 1 aromatic heterocycles. The zero-order valence-electron chi connectivity index (χ0n) is 18.0. The van der Waals surface area contributed by atoms with Gasteiger partial charge in [-0.1, -0.05) is 32.0 Å². The number of rotatable bonds is 7. The summed E-state index contributed by atoms with van der Waals surface area (Å²) in [4.78, 5) is 5.96. The standard InChI is InChI=1S/C24H28N4OS/c1-5-18-12-17(15-28-11-7-10-26-28)13-19-14-25-24(22(18)19)27-30-23-20(6-2)16(3)8-9-21(23)29-4/h7-13H,5-6,14-15H2,1-4H3,(H,25,27). The van der Waals surface area contributed by atoms with E-state index in [2.05, 4.69) is 48.8 Å². The minimum absolute atomic E-state index is 0.712. The van der Waals surface area contributed by atoms with Gasteiger partial charge in [0, 0.05) is 18.0 Å². The SMILES string of the molecule is CCc1cc(Cn2cccn2)cc2c1C(NSc1c(OC)ccc(C)c1CC)=NC2. The van der Waals surface area contributed by atoms with E-state index in [0.29, 0.717) is 6.54 Å². The van der Waals surface area contributed by atoms with E-state index in [0.717, 1.165) is 35.9 Å². The van der Waals surface area contributed by atoms with E-state index in [1.807, 2.05) is 29.2 Å². The Kier molecular flexibility index (Phi) is 6.13. The quantitative estimate of drug-likeness (QED) is 0.551. The van der Waals surface area contributed by atoms with Crippen LogP contribution in [0.15, 0.2) is 52.6 Å². The molecule has 1 aliphatic heterocycles. The van der Waals surface area contributed by atoms with Crippen LogP contribution in [0.3, 0.4) is 0 Å². The molecule has 4 rings (SSSR count). The van der Waals surface area contributed by atoms with E-state index >= 15 is 0 Å². The van der Waals surface area contributed by atoms with Crippen molar-refractivity contribution in [3.8, 4) is 5.75 Å². The van der Waals surface area contributed by atoms with Gasteiger partial charge in [-0.15, -0.1) is 0 Å². The number of hydrogen-bond donors (Lipinski definition) is 1. The van der Waals surface area contributed by atoms with Crippen LogP contribution in [0.25, 0.3) is 0 Å². The fraction of sp³-hybridized carbons (Fsp3) is 0.333. The van der Waals surface area contributed by atoms with Crippen LogP contribution in [0.4, 0.5) is 0 Å². The van der Waals surface area contributed by atoms with Gasteiger partial charge in [-0.2, -0.15) is 5.10 Å². The lowest BCUT2D eigenvalue weighted by Crippen LogP contribution is -2.18. The molecule has 0 atom stereocenters. The molecule has 0 spiro atoms. The number of fused-ring (bicyclic) bond motifs is 1. The van der Waals surface area contributed by atoms with Crippen LogP contribution in [0.1, 0.15) is 47.2 Å². The maximum atomic E-state index is 5.63. The number of nitrogens with one attached hydrogen (secondary N) is 1. The first-order valence-corrected chi connectivity index (χ1v) is 11.2. The van der Waals surface area contributed by atoms with Gasteiger partial charge >= 0.3 is 0 Å². The van der Waals surface area contributed by atoms with Crippen molar-refractivity contribution < 1.29 is 4.74 Å². The second kappa shape index (κ2) is 8.96. The van der Waals surface area contributed by atoms with E-state index in [1.165, 1.54) is 33.4 Å². The van der Waals surface area contributed by atoms with Crippen molar-refractivity contribution in [3.05, 3.63) is 76.1 Å². The van der Waals surface area contributed by atoms with Gasteiger partial charge in [0.05, 0.1) is 25.1 Å². The highest BCUT2D eigenvalue weighted by atomic mass is 32.2. The van der Waals surface area contributed by atoms with Gasteiger partial charge in [-0.05, 0) is 71.7 Å². The maximum absolute atomic E-state index is 5.63. The van der Waals surface area contributed by atoms with Crippen molar-refractivity contribution in [1.29, 1.82) is 0 Å². The summed E-state index contributed by atoms with van der Waals surface area (Å²) in [6.45, 7) is 8.04. The molecule has 30 heavy (non-hydrogen) atoms. The Morgan fingerprint density at radius 3 is 2.77 bits per heavy atom. The summed E-state index contributed by atoms with van der Waals surface area (Å²) in [6, 6.07) is 10.7. The largest absolute Gasteiger partial charge is 0.496 e. The van der Waals surface area contributed by atoms with Crippen molar-refractivity contribution in [2.75, 3.05) is 7.11 Å². The lowest BCUT2D eigenvalue weighted by Gasteiger charge is -2.17. The van der Waals surface area contributed by atoms with Crippen molar-refractivity contribution in [3.63, 3.8) is 0 Å². The fourth-order valence-electron chi connectivity index (χ4n) is 4.06. The highest BCUT2D eigenvalue weighted by Crippen LogP contribution is 2.35. The Morgan fingerprint density at radius 1 is 1.20 bits per heavy atom. The maximum Gasteiger partial charge on any atom is 0.139 e. The molecule has 5 nitrogen and oxygen atoms in total. The Hall–Kier alpha value is -2.73. The molecule has 0 saturated carbocycles. The smallest absolute Gasteiger partial charge is 0.139 e. The zero-order valence-corrected chi connectivity index (χ0v) is 18.8. The molecule has 0 aliphatic carbocycles. The molecular formula is C24H28N4OS. The molecule has 6 heteroatoms. The van der Waals surface area contributed by atoms with Gasteiger partial charge in [-0.3, -0.25) is 9.67 Å². The third-order valence-electron chi connectivity index (χ3n) is 5.57. The van der Waals surface area contributed by atoms with E-state index < -0.39 is 0 Å². The minimum Gasteiger partial charge on any atom is -0.496 e. The van der Waals surface area contributed by atoms with Crippen molar-refractivity contribution in [2.24, 2.45) is 4.99 Å². The summed E-state index contributed by atoms with van der Waals surface area (Å²) in [7, 11) is 1.73. The highest BCUT2D eigenvalue weighted by Gasteiger charge is 2.22. The number of benzene rings is 2. The van der Waals surface area contributed by atoms with Gasteiger partial charge < -0.3 is 9.46 Å². The van der Waals surface area contributed by atoms with Gasteiger partial charge in [0.1, 0.15) is 11.6 Å². The van der Waals surface area contributed by atoms with Crippen LogP contribution in [0.5, 0.6) is 5.75 Å². The summed E-state index contributed by atoms with van der Waals surface area (Å²) in [5.74, 6) is 1.86. The first-order valence-electron chi connectivity index (χ1n) is 10.4. The predicted molar refractivity (Wildman–Crippen MR) is 123 cm³/mol. The number of ether oxygens (including phenoxy) is 1. The molecule has 0 bridgehead atoms.